The van der Waals surface area contributed by atoms with Crippen LogP contribution in [0.25, 0.3) is 0 Å². The van der Waals surface area contributed by atoms with Crippen LogP contribution in [-0.2, 0) is 0 Å². The van der Waals surface area contributed by atoms with Gasteiger partial charge in [-0.1, -0.05) is 0 Å². The Morgan fingerprint density at radius 3 is 2.29 bits per heavy atom. The van der Waals surface area contributed by atoms with Crippen molar-refractivity contribution in [2.75, 3.05) is 21.3 Å². The summed E-state index contributed by atoms with van der Waals surface area (Å²) in [5.41, 5.74) is -0.0177. The highest BCUT2D eigenvalue weighted by Gasteiger charge is 2.29. The maximum Gasteiger partial charge on any atom is 0.124 e. The van der Waals surface area contributed by atoms with Crippen LogP contribution in [-0.4, -0.2) is 32.0 Å². The topological polar surface area (TPSA) is 50.7 Å². The standard InChI is InChI=1S/C13H21NO3/c1-13(2,15)12(14-3)10-8-9(16-4)6-7-11(10)17-5/h6-8,12,14-15H,1-5H3. The van der Waals surface area contributed by atoms with Crippen LogP contribution in [0.4, 0.5) is 0 Å². The van der Waals surface area contributed by atoms with Gasteiger partial charge in [-0.2, -0.15) is 0 Å². The number of benzene rings is 1. The first kappa shape index (κ1) is 13.8. The van der Waals surface area contributed by atoms with E-state index in [2.05, 4.69) is 5.32 Å². The van der Waals surface area contributed by atoms with Gasteiger partial charge < -0.3 is 19.9 Å². The highest BCUT2D eigenvalue weighted by Crippen LogP contribution is 2.34. The minimum absolute atomic E-state index is 0.229. The summed E-state index contributed by atoms with van der Waals surface area (Å²) < 4.78 is 10.5. The number of nitrogens with one attached hydrogen (secondary N) is 1. The number of ether oxygens (including phenoxy) is 2. The molecule has 0 spiro atoms. The maximum atomic E-state index is 10.2. The summed E-state index contributed by atoms with van der Waals surface area (Å²) in [6.45, 7) is 3.51. The van der Waals surface area contributed by atoms with Gasteiger partial charge >= 0.3 is 0 Å². The molecule has 17 heavy (non-hydrogen) atoms. The second-order valence-corrected chi connectivity index (χ2v) is 4.48. The third kappa shape index (κ3) is 3.11. The van der Waals surface area contributed by atoms with Crippen molar-refractivity contribution in [3.8, 4) is 11.5 Å². The van der Waals surface area contributed by atoms with Crippen LogP contribution in [0.1, 0.15) is 25.5 Å². The maximum absolute atomic E-state index is 10.2. The van der Waals surface area contributed by atoms with E-state index in [0.717, 1.165) is 17.1 Å². The number of aliphatic hydroxyl groups is 1. The van der Waals surface area contributed by atoms with Crippen LogP contribution in [0.15, 0.2) is 18.2 Å². The highest BCUT2D eigenvalue weighted by atomic mass is 16.5. The first-order valence-corrected chi connectivity index (χ1v) is 5.55. The van der Waals surface area contributed by atoms with Gasteiger partial charge in [-0.25, -0.2) is 0 Å². The quantitative estimate of drug-likeness (QED) is 0.821. The second-order valence-electron chi connectivity index (χ2n) is 4.48. The fourth-order valence-electron chi connectivity index (χ4n) is 1.95. The summed E-state index contributed by atoms with van der Waals surface area (Å²) in [6, 6.07) is 5.31. The van der Waals surface area contributed by atoms with Gasteiger partial charge in [0, 0.05) is 5.56 Å². The number of hydrogen-bond acceptors (Lipinski definition) is 4. The van der Waals surface area contributed by atoms with Crippen molar-refractivity contribution >= 4 is 0 Å². The van der Waals surface area contributed by atoms with Gasteiger partial charge in [0.05, 0.1) is 25.9 Å². The minimum Gasteiger partial charge on any atom is -0.497 e. The van der Waals surface area contributed by atoms with E-state index in [-0.39, 0.29) is 6.04 Å². The lowest BCUT2D eigenvalue weighted by Gasteiger charge is -2.30. The van der Waals surface area contributed by atoms with Crippen LogP contribution in [0, 0.1) is 0 Å². The average Bonchev–Trinajstić information content (AvgIpc) is 2.28. The Kier molecular flexibility index (Phi) is 4.37. The lowest BCUT2D eigenvalue weighted by molar-refractivity contribution is 0.0391. The molecule has 0 bridgehead atoms. The molecule has 1 atom stereocenters. The van der Waals surface area contributed by atoms with Gasteiger partial charge in [0.1, 0.15) is 11.5 Å². The largest absolute Gasteiger partial charge is 0.497 e. The molecule has 0 aliphatic carbocycles. The molecule has 0 fully saturated rings. The molecule has 1 aromatic rings. The van der Waals surface area contributed by atoms with Gasteiger partial charge in [0.2, 0.25) is 0 Å². The summed E-state index contributed by atoms with van der Waals surface area (Å²) in [6.07, 6.45) is 0. The van der Waals surface area contributed by atoms with Crippen molar-refractivity contribution in [2.45, 2.75) is 25.5 Å². The number of hydrogen-bond donors (Lipinski definition) is 2. The van der Waals surface area contributed by atoms with Crippen molar-refractivity contribution in [2.24, 2.45) is 0 Å². The van der Waals surface area contributed by atoms with Crippen LogP contribution < -0.4 is 14.8 Å². The van der Waals surface area contributed by atoms with E-state index in [4.69, 9.17) is 9.47 Å². The first-order valence-electron chi connectivity index (χ1n) is 5.55. The molecule has 0 heterocycles. The van der Waals surface area contributed by atoms with Crippen LogP contribution in [0.2, 0.25) is 0 Å². The van der Waals surface area contributed by atoms with E-state index < -0.39 is 5.60 Å². The summed E-state index contributed by atoms with van der Waals surface area (Å²) >= 11 is 0. The molecule has 0 radical (unpaired) electrons. The van der Waals surface area contributed by atoms with Crippen LogP contribution in [0.3, 0.4) is 0 Å². The SMILES string of the molecule is CNC(c1cc(OC)ccc1OC)C(C)(C)O. The summed E-state index contributed by atoms with van der Waals surface area (Å²) in [5, 5.41) is 13.3. The molecule has 0 aromatic heterocycles. The molecule has 1 unspecified atom stereocenters. The minimum atomic E-state index is -0.894. The third-order valence-corrected chi connectivity index (χ3v) is 2.74. The summed E-state index contributed by atoms with van der Waals surface area (Å²) in [5.74, 6) is 1.47. The van der Waals surface area contributed by atoms with Crippen molar-refractivity contribution in [3.05, 3.63) is 23.8 Å². The van der Waals surface area contributed by atoms with Crippen molar-refractivity contribution in [1.82, 2.24) is 5.32 Å². The van der Waals surface area contributed by atoms with Crippen molar-refractivity contribution in [1.29, 1.82) is 0 Å². The van der Waals surface area contributed by atoms with Crippen LogP contribution in [0.5, 0.6) is 11.5 Å². The Labute approximate surface area is 103 Å². The predicted octanol–water partition coefficient (Wildman–Crippen LogP) is 1.74. The molecule has 0 aliphatic heterocycles. The van der Waals surface area contributed by atoms with E-state index in [9.17, 15) is 5.11 Å². The number of methoxy groups -OCH3 is 2. The summed E-state index contributed by atoms with van der Waals surface area (Å²) in [7, 11) is 5.04. The van der Waals surface area contributed by atoms with Gasteiger partial charge in [-0.3, -0.25) is 0 Å². The fraction of sp³-hybridized carbons (Fsp3) is 0.538. The number of rotatable bonds is 5. The molecule has 0 saturated carbocycles. The van der Waals surface area contributed by atoms with E-state index in [0.29, 0.717) is 0 Å². The highest BCUT2D eigenvalue weighted by molar-refractivity contribution is 5.43. The van der Waals surface area contributed by atoms with E-state index in [1.807, 2.05) is 25.2 Å². The zero-order valence-corrected chi connectivity index (χ0v) is 11.1. The van der Waals surface area contributed by atoms with E-state index >= 15 is 0 Å². The van der Waals surface area contributed by atoms with Gasteiger partial charge in [0.25, 0.3) is 0 Å². The Balaban J connectivity index is 3.25. The van der Waals surface area contributed by atoms with Crippen molar-refractivity contribution < 1.29 is 14.6 Å². The molecule has 96 valence electrons. The number of likely N-dealkylation sites (N-methyl/N-ethyl adjacent to an activating group) is 1. The Bertz CT molecular complexity index is 371. The fourth-order valence-corrected chi connectivity index (χ4v) is 1.95. The molecule has 0 amide bonds. The molecule has 4 nitrogen and oxygen atoms in total. The summed E-state index contributed by atoms with van der Waals surface area (Å²) in [4.78, 5) is 0. The lowest BCUT2D eigenvalue weighted by atomic mass is 9.91. The lowest BCUT2D eigenvalue weighted by Crippen LogP contribution is -2.37. The molecule has 4 heteroatoms. The Hall–Kier alpha value is -1.26. The molecular formula is C13H21NO3. The molecule has 0 saturated heterocycles. The second kappa shape index (κ2) is 5.38. The molecule has 1 rings (SSSR count). The molecule has 1 aromatic carbocycles. The smallest absolute Gasteiger partial charge is 0.124 e. The molecular weight excluding hydrogens is 218 g/mol. The average molecular weight is 239 g/mol. The van der Waals surface area contributed by atoms with Crippen molar-refractivity contribution in [3.63, 3.8) is 0 Å². The van der Waals surface area contributed by atoms with Gasteiger partial charge in [-0.05, 0) is 39.1 Å². The zero-order valence-electron chi connectivity index (χ0n) is 11.1. The Morgan fingerprint density at radius 2 is 1.88 bits per heavy atom. The first-order chi connectivity index (χ1) is 7.93. The molecule has 2 N–H and O–H groups in total. The zero-order chi connectivity index (χ0) is 13.1. The Morgan fingerprint density at radius 1 is 1.24 bits per heavy atom. The van der Waals surface area contributed by atoms with Gasteiger partial charge in [-0.15, -0.1) is 0 Å². The van der Waals surface area contributed by atoms with Gasteiger partial charge in [0.15, 0.2) is 0 Å². The van der Waals surface area contributed by atoms with E-state index in [1.54, 1.807) is 28.1 Å². The third-order valence-electron chi connectivity index (χ3n) is 2.74. The monoisotopic (exact) mass is 239 g/mol. The van der Waals surface area contributed by atoms with Crippen LogP contribution >= 0.6 is 0 Å². The van der Waals surface area contributed by atoms with E-state index in [1.165, 1.54) is 0 Å². The predicted molar refractivity (Wildman–Crippen MR) is 67.6 cm³/mol. The molecule has 0 aliphatic rings. The normalized spacial score (nSPS) is 13.3.